The Morgan fingerprint density at radius 1 is 0.515 bits per heavy atom. The summed E-state index contributed by atoms with van der Waals surface area (Å²) in [7, 11) is 0. The molecule has 0 saturated carbocycles. The topological polar surface area (TPSA) is 18.1 Å². The van der Waals surface area contributed by atoms with Gasteiger partial charge in [-0.15, -0.1) is 11.3 Å². The fourth-order valence-corrected chi connectivity index (χ4v) is 6.48. The molecule has 33 heavy (non-hydrogen) atoms. The molecule has 5 aromatic carbocycles. The first-order chi connectivity index (χ1) is 16.4. The molecule has 8 aromatic rings. The second-order valence-electron chi connectivity index (χ2n) is 8.57. The lowest BCUT2D eigenvalue weighted by molar-refractivity contribution is 0.666. The van der Waals surface area contributed by atoms with Crippen molar-refractivity contribution in [3.63, 3.8) is 0 Å². The number of rotatable bonds is 1. The molecule has 0 saturated heterocycles. The first-order valence-electron chi connectivity index (χ1n) is 11.1. The van der Waals surface area contributed by atoms with Crippen molar-refractivity contribution in [1.82, 2.24) is 4.57 Å². The van der Waals surface area contributed by atoms with Gasteiger partial charge in [0.1, 0.15) is 5.58 Å². The zero-order valence-electron chi connectivity index (χ0n) is 17.6. The molecule has 3 heterocycles. The van der Waals surface area contributed by atoms with Crippen molar-refractivity contribution in [2.45, 2.75) is 0 Å². The minimum atomic E-state index is 0.923. The van der Waals surface area contributed by atoms with E-state index in [1.165, 1.54) is 42.0 Å². The molecule has 2 nitrogen and oxygen atoms in total. The monoisotopic (exact) mass is 439 g/mol. The Bertz CT molecular complexity index is 2040. The van der Waals surface area contributed by atoms with Crippen LogP contribution in [0.25, 0.3) is 69.6 Å². The summed E-state index contributed by atoms with van der Waals surface area (Å²) in [6, 6.07) is 36.9. The van der Waals surface area contributed by atoms with E-state index in [-0.39, 0.29) is 0 Å². The molecule has 0 atom stereocenters. The van der Waals surface area contributed by atoms with Gasteiger partial charge >= 0.3 is 0 Å². The van der Waals surface area contributed by atoms with Gasteiger partial charge in [0.15, 0.2) is 5.58 Å². The fraction of sp³-hybridized carbons (Fsp3) is 0. The van der Waals surface area contributed by atoms with Crippen molar-refractivity contribution in [3.8, 4) is 5.69 Å². The van der Waals surface area contributed by atoms with Gasteiger partial charge in [-0.1, -0.05) is 66.7 Å². The van der Waals surface area contributed by atoms with Crippen LogP contribution in [-0.2, 0) is 0 Å². The predicted octanol–water partition coefficient (Wildman–Crippen LogP) is 9.05. The van der Waals surface area contributed by atoms with Gasteiger partial charge in [0.2, 0.25) is 0 Å². The van der Waals surface area contributed by atoms with Gasteiger partial charge in [-0.2, -0.15) is 0 Å². The molecule has 0 aliphatic heterocycles. The molecule has 0 unspecified atom stereocenters. The van der Waals surface area contributed by atoms with E-state index in [4.69, 9.17) is 4.42 Å². The Morgan fingerprint density at radius 3 is 2.21 bits per heavy atom. The average Bonchev–Trinajstić information content (AvgIpc) is 3.52. The Morgan fingerprint density at radius 2 is 1.27 bits per heavy atom. The Labute approximate surface area is 192 Å². The molecule has 0 aliphatic carbocycles. The highest BCUT2D eigenvalue weighted by molar-refractivity contribution is 7.25. The zero-order valence-corrected chi connectivity index (χ0v) is 18.4. The van der Waals surface area contributed by atoms with Crippen molar-refractivity contribution in [3.05, 3.63) is 103 Å². The van der Waals surface area contributed by atoms with Gasteiger partial charge in [-0.05, 0) is 36.4 Å². The lowest BCUT2D eigenvalue weighted by atomic mass is 10.1. The number of benzene rings is 5. The van der Waals surface area contributed by atoms with Crippen LogP contribution in [0.2, 0.25) is 0 Å². The first kappa shape index (κ1) is 17.5. The van der Waals surface area contributed by atoms with Crippen molar-refractivity contribution >= 4 is 75.3 Å². The Hall–Kier alpha value is -4.08. The summed E-state index contributed by atoms with van der Waals surface area (Å²) in [5.41, 5.74) is 5.33. The van der Waals surface area contributed by atoms with Crippen molar-refractivity contribution in [1.29, 1.82) is 0 Å². The number of furan rings is 1. The normalized spacial score (nSPS) is 12.2. The van der Waals surface area contributed by atoms with Crippen LogP contribution in [-0.4, -0.2) is 4.57 Å². The second-order valence-corrected chi connectivity index (χ2v) is 9.65. The van der Waals surface area contributed by atoms with Gasteiger partial charge in [0, 0.05) is 41.7 Å². The van der Waals surface area contributed by atoms with Crippen LogP contribution in [0.4, 0.5) is 0 Å². The average molecular weight is 440 g/mol. The number of thiophene rings is 1. The van der Waals surface area contributed by atoms with E-state index in [0.29, 0.717) is 0 Å². The highest BCUT2D eigenvalue weighted by Crippen LogP contribution is 2.42. The number of nitrogens with zero attached hydrogens (tertiary/aromatic N) is 1. The highest BCUT2D eigenvalue weighted by atomic mass is 32.1. The molecule has 0 fully saturated rings. The molecular formula is C30H17NOS. The summed E-state index contributed by atoms with van der Waals surface area (Å²) >= 11 is 1.87. The molecule has 0 N–H and O–H groups in total. The van der Waals surface area contributed by atoms with Gasteiger partial charge in [-0.3, -0.25) is 0 Å². The Kier molecular flexibility index (Phi) is 3.31. The molecule has 154 valence electrons. The summed E-state index contributed by atoms with van der Waals surface area (Å²) in [5.74, 6) is 0. The summed E-state index contributed by atoms with van der Waals surface area (Å²) in [6.45, 7) is 0. The molecule has 0 radical (unpaired) electrons. The van der Waals surface area contributed by atoms with Crippen LogP contribution in [0.5, 0.6) is 0 Å². The van der Waals surface area contributed by atoms with Crippen LogP contribution in [0, 0.1) is 0 Å². The maximum atomic E-state index is 6.43. The highest BCUT2D eigenvalue weighted by Gasteiger charge is 2.18. The fourth-order valence-electron chi connectivity index (χ4n) is 5.35. The van der Waals surface area contributed by atoms with E-state index >= 15 is 0 Å². The molecular weight excluding hydrogens is 422 g/mol. The number of para-hydroxylation sites is 3. The van der Waals surface area contributed by atoms with Gasteiger partial charge in [0.05, 0.1) is 16.7 Å². The molecule has 0 bridgehead atoms. The lowest BCUT2D eigenvalue weighted by Gasteiger charge is -2.08. The van der Waals surface area contributed by atoms with Crippen molar-refractivity contribution in [2.24, 2.45) is 0 Å². The number of hydrogen-bond donors (Lipinski definition) is 0. The number of hydrogen-bond acceptors (Lipinski definition) is 2. The molecule has 3 aromatic heterocycles. The summed E-state index contributed by atoms with van der Waals surface area (Å²) in [5, 5.41) is 7.47. The maximum absolute atomic E-state index is 6.43. The van der Waals surface area contributed by atoms with Crippen LogP contribution >= 0.6 is 11.3 Å². The molecule has 0 spiro atoms. The zero-order chi connectivity index (χ0) is 21.5. The third-order valence-corrected chi connectivity index (χ3v) is 7.93. The Balaban J connectivity index is 1.58. The van der Waals surface area contributed by atoms with Crippen LogP contribution < -0.4 is 0 Å². The molecule has 0 aliphatic rings. The van der Waals surface area contributed by atoms with E-state index in [2.05, 4.69) is 95.6 Å². The maximum Gasteiger partial charge on any atom is 0.159 e. The van der Waals surface area contributed by atoms with Crippen LogP contribution in [0.15, 0.2) is 108 Å². The van der Waals surface area contributed by atoms with E-state index < -0.39 is 0 Å². The van der Waals surface area contributed by atoms with Gasteiger partial charge in [-0.25, -0.2) is 0 Å². The minimum Gasteiger partial charge on any atom is -0.454 e. The number of aromatic nitrogens is 1. The summed E-state index contributed by atoms with van der Waals surface area (Å²) < 4.78 is 11.5. The molecule has 8 rings (SSSR count). The van der Waals surface area contributed by atoms with Gasteiger partial charge < -0.3 is 8.98 Å². The number of fused-ring (bicyclic) bond motifs is 9. The third-order valence-electron chi connectivity index (χ3n) is 6.80. The van der Waals surface area contributed by atoms with Crippen LogP contribution in [0.3, 0.4) is 0 Å². The first-order valence-corrected chi connectivity index (χ1v) is 11.9. The smallest absolute Gasteiger partial charge is 0.159 e. The van der Waals surface area contributed by atoms with Crippen LogP contribution in [0.1, 0.15) is 0 Å². The minimum absolute atomic E-state index is 0.923. The largest absolute Gasteiger partial charge is 0.454 e. The lowest BCUT2D eigenvalue weighted by Crippen LogP contribution is -1.94. The third kappa shape index (κ3) is 2.27. The van der Waals surface area contributed by atoms with Crippen molar-refractivity contribution in [2.75, 3.05) is 0 Å². The van der Waals surface area contributed by atoms with E-state index in [9.17, 15) is 0 Å². The summed E-state index contributed by atoms with van der Waals surface area (Å²) in [6.07, 6.45) is 0. The van der Waals surface area contributed by atoms with Crippen molar-refractivity contribution < 1.29 is 4.42 Å². The van der Waals surface area contributed by atoms with E-state index in [1.807, 2.05) is 23.5 Å². The standard InChI is InChI=1S/C30H17NOS/c1-4-12-24-18(8-1)22-17-29-23(20-10-3-6-15-28(20)33-29)16-26(22)31(24)25-13-7-11-21-19-9-2-5-14-27(19)32-30(21)25/h1-17H. The van der Waals surface area contributed by atoms with E-state index in [0.717, 1.165) is 27.6 Å². The quantitative estimate of drug-likeness (QED) is 0.249. The van der Waals surface area contributed by atoms with E-state index in [1.54, 1.807) is 0 Å². The second kappa shape index (κ2) is 6.25. The van der Waals surface area contributed by atoms with Gasteiger partial charge in [0.25, 0.3) is 0 Å². The molecule has 0 amide bonds. The molecule has 3 heteroatoms. The SMILES string of the molecule is c1ccc2c(c1)oc1c(-n3c4ccccc4c4cc5sc6ccccc6c5cc43)cccc12. The summed E-state index contributed by atoms with van der Waals surface area (Å²) in [4.78, 5) is 0. The predicted molar refractivity (Wildman–Crippen MR) is 141 cm³/mol.